The summed E-state index contributed by atoms with van der Waals surface area (Å²) in [6.07, 6.45) is 6.39. The van der Waals surface area contributed by atoms with Crippen LogP contribution in [0, 0.1) is 5.92 Å². The molecule has 5 heteroatoms. The molecule has 4 heterocycles. The lowest BCUT2D eigenvalue weighted by molar-refractivity contribution is -0.519. The van der Waals surface area contributed by atoms with Gasteiger partial charge in [-0.2, -0.15) is 0 Å². The Balaban J connectivity index is 2.09. The summed E-state index contributed by atoms with van der Waals surface area (Å²) in [5.41, 5.74) is 2.45. The molecule has 5 nitrogen and oxygen atoms in total. The summed E-state index contributed by atoms with van der Waals surface area (Å²) < 4.78 is 7.46. The highest BCUT2D eigenvalue weighted by Gasteiger charge is 2.54. The number of nitrogens with zero attached hydrogens (tertiary/aromatic N) is 1. The molecule has 0 fully saturated rings. The van der Waals surface area contributed by atoms with Crippen LogP contribution < -0.4 is 0 Å². The van der Waals surface area contributed by atoms with Gasteiger partial charge in [-0.1, -0.05) is 24.3 Å². The fourth-order valence-corrected chi connectivity index (χ4v) is 4.60. The second-order valence-corrected chi connectivity index (χ2v) is 7.06. The first kappa shape index (κ1) is 16.8. The highest BCUT2D eigenvalue weighted by Crippen LogP contribution is 2.43. The van der Waals surface area contributed by atoms with Gasteiger partial charge in [0.05, 0.1) is 7.11 Å². The van der Waals surface area contributed by atoms with E-state index in [-0.39, 0.29) is 5.92 Å². The van der Waals surface area contributed by atoms with Gasteiger partial charge in [-0.3, -0.25) is 4.79 Å². The third-order valence-electron chi connectivity index (χ3n) is 5.94. The number of hydrogen-bond donors (Lipinski definition) is 1. The number of aromatic nitrogens is 1. The molecule has 0 spiro atoms. The first-order chi connectivity index (χ1) is 12.7. The molecule has 1 aromatic carbocycles. The Morgan fingerprint density at radius 2 is 2.19 bits per heavy atom. The lowest BCUT2D eigenvalue weighted by Crippen LogP contribution is -2.49. The Morgan fingerprint density at radius 1 is 1.38 bits per heavy atom. The Hall–Kier alpha value is -2.69. The molecular weight excluding hydrogens is 328 g/mol. The molecule has 1 N–H and O–H groups in total. The molecule has 1 aromatic heterocycles. The highest BCUT2D eigenvalue weighted by atomic mass is 16.5. The van der Waals surface area contributed by atoms with E-state index in [1.54, 1.807) is 0 Å². The average molecular weight is 351 g/mol. The van der Waals surface area contributed by atoms with Crippen LogP contribution in [-0.2, 0) is 26.2 Å². The summed E-state index contributed by atoms with van der Waals surface area (Å²) in [7, 11) is 1.36. The van der Waals surface area contributed by atoms with Crippen molar-refractivity contribution in [2.75, 3.05) is 20.2 Å². The van der Waals surface area contributed by atoms with Crippen molar-refractivity contribution in [1.29, 1.82) is 0 Å². The van der Waals surface area contributed by atoms with E-state index in [2.05, 4.69) is 15.8 Å². The zero-order chi connectivity index (χ0) is 18.3. The van der Waals surface area contributed by atoms with Crippen LogP contribution in [-0.4, -0.2) is 48.2 Å². The second kappa shape index (κ2) is 6.24. The van der Waals surface area contributed by atoms with Crippen LogP contribution in [0.2, 0.25) is 0 Å². The number of methoxy groups -OCH3 is 1. The number of aromatic amines is 1. The van der Waals surface area contributed by atoms with Gasteiger partial charge in [0, 0.05) is 35.4 Å². The standard InChI is InChI=1S/C21H23N2O3/c1-3-14-12-23-10-8-16-15-6-4-5-7-18(15)22-19(16)21(13-24,20(25)26-2)17(14)9-11-23/h3-7,11,13,17,22H,8-10,12H2,1-2H3/q+1/b14-3-/t17-,21-/m0/s1. The van der Waals surface area contributed by atoms with E-state index in [0.717, 1.165) is 47.8 Å². The van der Waals surface area contributed by atoms with E-state index in [1.807, 2.05) is 37.3 Å². The van der Waals surface area contributed by atoms with Crippen LogP contribution >= 0.6 is 0 Å². The van der Waals surface area contributed by atoms with Gasteiger partial charge in [-0.05, 0) is 24.1 Å². The number of rotatable bonds is 2. The molecule has 0 unspecified atom stereocenters. The van der Waals surface area contributed by atoms with Crippen LogP contribution in [0.4, 0.5) is 0 Å². The molecule has 2 aromatic rings. The van der Waals surface area contributed by atoms with E-state index >= 15 is 0 Å². The summed E-state index contributed by atoms with van der Waals surface area (Å²) in [6, 6.07) is 7.98. The monoisotopic (exact) mass is 351 g/mol. The minimum Gasteiger partial charge on any atom is -0.468 e. The maximum Gasteiger partial charge on any atom is 0.325 e. The molecule has 3 aliphatic rings. The molecule has 0 saturated heterocycles. The summed E-state index contributed by atoms with van der Waals surface area (Å²) in [6.45, 7) is 3.58. The molecule has 134 valence electrons. The number of benzene rings is 1. The van der Waals surface area contributed by atoms with Gasteiger partial charge < -0.3 is 14.5 Å². The zero-order valence-corrected chi connectivity index (χ0v) is 15.1. The van der Waals surface area contributed by atoms with Gasteiger partial charge in [0.25, 0.3) is 0 Å². The summed E-state index contributed by atoms with van der Waals surface area (Å²) >= 11 is 0. The van der Waals surface area contributed by atoms with Crippen LogP contribution in [0.5, 0.6) is 0 Å². The smallest absolute Gasteiger partial charge is 0.325 e. The second-order valence-electron chi connectivity index (χ2n) is 7.06. The van der Waals surface area contributed by atoms with Crippen molar-refractivity contribution < 1.29 is 18.9 Å². The van der Waals surface area contributed by atoms with Crippen molar-refractivity contribution in [2.45, 2.75) is 25.2 Å². The molecule has 0 aliphatic carbocycles. The number of nitrogens with one attached hydrogen (secondary N) is 1. The van der Waals surface area contributed by atoms with E-state index in [0.29, 0.717) is 12.1 Å². The van der Waals surface area contributed by atoms with Crippen molar-refractivity contribution in [2.24, 2.45) is 5.92 Å². The average Bonchev–Trinajstić information content (AvgIpc) is 3.09. The Labute approximate surface area is 152 Å². The molecule has 2 atom stereocenters. The van der Waals surface area contributed by atoms with E-state index < -0.39 is 11.4 Å². The van der Waals surface area contributed by atoms with Crippen molar-refractivity contribution in [3.63, 3.8) is 0 Å². The Morgan fingerprint density at radius 3 is 2.92 bits per heavy atom. The normalized spacial score (nSPS) is 26.6. The zero-order valence-electron chi connectivity index (χ0n) is 15.1. The van der Waals surface area contributed by atoms with Crippen LogP contribution in [0.25, 0.3) is 10.9 Å². The first-order valence-corrected chi connectivity index (χ1v) is 9.03. The van der Waals surface area contributed by atoms with E-state index in [9.17, 15) is 9.59 Å². The van der Waals surface area contributed by atoms with Crippen LogP contribution in [0.15, 0.2) is 35.9 Å². The topological polar surface area (TPSA) is 62.2 Å². The Bertz CT molecular complexity index is 953. The highest BCUT2D eigenvalue weighted by molar-refractivity contribution is 6.03. The Kier molecular flexibility index (Phi) is 4.02. The van der Waals surface area contributed by atoms with Gasteiger partial charge in [0.1, 0.15) is 19.0 Å². The van der Waals surface area contributed by atoms with Gasteiger partial charge >= 0.3 is 5.97 Å². The fourth-order valence-electron chi connectivity index (χ4n) is 4.60. The van der Waals surface area contributed by atoms with Crippen molar-refractivity contribution >= 4 is 29.4 Å². The first-order valence-electron chi connectivity index (χ1n) is 9.03. The number of carbonyl (C=O) groups is 2. The van der Waals surface area contributed by atoms with E-state index in [1.165, 1.54) is 7.11 Å². The van der Waals surface area contributed by atoms with Crippen molar-refractivity contribution in [1.82, 2.24) is 4.98 Å². The molecule has 2 bridgehead atoms. The molecule has 0 amide bonds. The minimum atomic E-state index is -1.35. The molecule has 3 aliphatic heterocycles. The van der Waals surface area contributed by atoms with Gasteiger partial charge in [0.15, 0.2) is 12.0 Å². The number of esters is 1. The largest absolute Gasteiger partial charge is 0.468 e. The number of carbonyl (C=O) groups excluding carboxylic acids is 2. The number of para-hydroxylation sites is 1. The van der Waals surface area contributed by atoms with Crippen LogP contribution in [0.3, 0.4) is 0 Å². The summed E-state index contributed by atoms with van der Waals surface area (Å²) in [5, 5.41) is 1.07. The molecule has 26 heavy (non-hydrogen) atoms. The van der Waals surface area contributed by atoms with Gasteiger partial charge in [0.2, 0.25) is 0 Å². The molecule has 0 radical (unpaired) electrons. The third kappa shape index (κ3) is 2.19. The lowest BCUT2D eigenvalue weighted by Gasteiger charge is -2.34. The predicted octanol–water partition coefficient (Wildman–Crippen LogP) is 2.38. The number of ether oxygens (including phenoxy) is 1. The third-order valence-corrected chi connectivity index (χ3v) is 5.94. The van der Waals surface area contributed by atoms with Crippen LogP contribution in [0.1, 0.15) is 24.6 Å². The number of H-pyrrole nitrogens is 1. The van der Waals surface area contributed by atoms with E-state index in [4.69, 9.17) is 4.74 Å². The summed E-state index contributed by atoms with van der Waals surface area (Å²) in [4.78, 5) is 29.0. The predicted molar refractivity (Wildman–Crippen MR) is 99.7 cm³/mol. The maximum absolute atomic E-state index is 13.1. The van der Waals surface area contributed by atoms with Crippen molar-refractivity contribution in [3.05, 3.63) is 47.2 Å². The quantitative estimate of drug-likeness (QED) is 0.297. The van der Waals surface area contributed by atoms with Crippen molar-refractivity contribution in [3.8, 4) is 0 Å². The SMILES string of the molecule is C/C=C1/C[N+]2=CC[C@@H]1[C@](C=O)(C(=O)OC)c1[nH]c3ccccc3c1CC2. The fraction of sp³-hybridized carbons (Fsp3) is 0.381. The number of fused-ring (bicyclic) bond motifs is 4. The number of hydrogen-bond acceptors (Lipinski definition) is 3. The molecular formula is C21H23N2O3+. The maximum atomic E-state index is 13.1. The minimum absolute atomic E-state index is 0.237. The molecule has 5 rings (SSSR count). The lowest BCUT2D eigenvalue weighted by atomic mass is 9.67. The van der Waals surface area contributed by atoms with Gasteiger partial charge in [-0.15, -0.1) is 0 Å². The molecule has 0 saturated carbocycles. The number of allylic oxidation sites excluding steroid dienone is 1. The van der Waals surface area contributed by atoms with Gasteiger partial charge in [-0.25, -0.2) is 4.58 Å². The summed E-state index contributed by atoms with van der Waals surface area (Å²) in [5.74, 6) is -0.730. The number of aldehydes is 1.